The van der Waals surface area contributed by atoms with Gasteiger partial charge in [-0.1, -0.05) is 19.1 Å². The Morgan fingerprint density at radius 3 is 2.74 bits per heavy atom. The summed E-state index contributed by atoms with van der Waals surface area (Å²) in [6.45, 7) is 5.78. The van der Waals surface area contributed by atoms with Crippen molar-refractivity contribution in [2.45, 2.75) is 26.8 Å². The maximum Gasteiger partial charge on any atom is 0.131 e. The van der Waals surface area contributed by atoms with Gasteiger partial charge in [-0.3, -0.25) is 4.98 Å². The maximum absolute atomic E-state index is 13.9. The van der Waals surface area contributed by atoms with Gasteiger partial charge in [-0.05, 0) is 43.7 Å². The van der Waals surface area contributed by atoms with Crippen molar-refractivity contribution in [3.05, 3.63) is 53.6 Å². The lowest BCUT2D eigenvalue weighted by molar-refractivity contribution is 0.628. The van der Waals surface area contributed by atoms with Crippen LogP contribution < -0.4 is 5.32 Å². The van der Waals surface area contributed by atoms with E-state index in [9.17, 15) is 4.39 Å². The van der Waals surface area contributed by atoms with Crippen LogP contribution in [0.2, 0.25) is 0 Å². The molecule has 0 bridgehead atoms. The number of pyridine rings is 1. The smallest absolute Gasteiger partial charge is 0.131 e. The molecule has 0 unspecified atom stereocenters. The molecule has 0 radical (unpaired) electrons. The van der Waals surface area contributed by atoms with Crippen LogP contribution >= 0.6 is 0 Å². The molecule has 19 heavy (non-hydrogen) atoms. The lowest BCUT2D eigenvalue weighted by Crippen LogP contribution is -2.13. The molecular weight excluding hydrogens is 239 g/mol. The quantitative estimate of drug-likeness (QED) is 0.827. The van der Waals surface area contributed by atoms with Crippen LogP contribution in [0.5, 0.6) is 0 Å². The number of hydrogen-bond acceptors (Lipinski definition) is 2. The monoisotopic (exact) mass is 258 g/mol. The van der Waals surface area contributed by atoms with E-state index in [0.29, 0.717) is 5.56 Å². The van der Waals surface area contributed by atoms with Crippen LogP contribution in [0, 0.1) is 12.7 Å². The molecule has 3 heteroatoms. The zero-order valence-electron chi connectivity index (χ0n) is 11.4. The van der Waals surface area contributed by atoms with Crippen molar-refractivity contribution in [2.75, 3.05) is 6.54 Å². The lowest BCUT2D eigenvalue weighted by atomic mass is 10.0. The van der Waals surface area contributed by atoms with E-state index in [0.717, 1.165) is 36.3 Å². The number of benzene rings is 1. The van der Waals surface area contributed by atoms with Gasteiger partial charge in [0, 0.05) is 29.6 Å². The number of nitrogens with zero attached hydrogens (tertiary/aromatic N) is 1. The van der Waals surface area contributed by atoms with Gasteiger partial charge in [0.2, 0.25) is 0 Å². The third kappa shape index (κ3) is 3.61. The van der Waals surface area contributed by atoms with Gasteiger partial charge in [0.15, 0.2) is 0 Å². The first-order valence-corrected chi connectivity index (χ1v) is 6.63. The minimum absolute atomic E-state index is 0.204. The molecule has 2 aromatic rings. The number of nitrogens with one attached hydrogen (secondary N) is 1. The molecule has 0 fully saturated rings. The Morgan fingerprint density at radius 2 is 2.05 bits per heavy atom. The highest BCUT2D eigenvalue weighted by Crippen LogP contribution is 2.23. The summed E-state index contributed by atoms with van der Waals surface area (Å²) in [5.74, 6) is -0.204. The highest BCUT2D eigenvalue weighted by atomic mass is 19.1. The van der Waals surface area contributed by atoms with E-state index >= 15 is 0 Å². The summed E-state index contributed by atoms with van der Waals surface area (Å²) in [6.07, 6.45) is 2.81. The highest BCUT2D eigenvalue weighted by molar-refractivity contribution is 5.64. The Kier molecular flexibility index (Phi) is 4.63. The summed E-state index contributed by atoms with van der Waals surface area (Å²) in [5, 5.41) is 3.32. The molecule has 0 spiro atoms. The molecule has 0 saturated heterocycles. The Bertz CT molecular complexity index is 535. The first-order valence-electron chi connectivity index (χ1n) is 6.63. The Hall–Kier alpha value is -1.74. The van der Waals surface area contributed by atoms with E-state index in [2.05, 4.69) is 17.2 Å². The van der Waals surface area contributed by atoms with Crippen LogP contribution in [0.4, 0.5) is 4.39 Å². The molecular formula is C16H19FN2. The largest absolute Gasteiger partial charge is 0.313 e. The van der Waals surface area contributed by atoms with Gasteiger partial charge < -0.3 is 5.32 Å². The van der Waals surface area contributed by atoms with Gasteiger partial charge in [0.05, 0.1) is 0 Å². The molecule has 0 saturated carbocycles. The molecule has 0 aliphatic rings. The van der Waals surface area contributed by atoms with Gasteiger partial charge in [-0.15, -0.1) is 0 Å². The zero-order chi connectivity index (χ0) is 13.7. The summed E-state index contributed by atoms with van der Waals surface area (Å²) < 4.78 is 13.9. The molecule has 1 N–H and O–H groups in total. The van der Waals surface area contributed by atoms with Crippen LogP contribution in [-0.4, -0.2) is 11.5 Å². The number of aryl methyl sites for hydroxylation is 1. The molecule has 100 valence electrons. The van der Waals surface area contributed by atoms with Gasteiger partial charge in [0.25, 0.3) is 0 Å². The molecule has 0 amide bonds. The second kappa shape index (κ2) is 6.43. The number of halogens is 1. The molecule has 0 atom stereocenters. The Balaban J connectivity index is 2.24. The number of aromatic nitrogens is 1. The van der Waals surface area contributed by atoms with Crippen LogP contribution in [-0.2, 0) is 6.54 Å². The van der Waals surface area contributed by atoms with Crippen molar-refractivity contribution in [3.63, 3.8) is 0 Å². The normalized spacial score (nSPS) is 10.7. The summed E-state index contributed by atoms with van der Waals surface area (Å²) in [5.41, 5.74) is 3.46. The molecule has 2 nitrogen and oxygen atoms in total. The summed E-state index contributed by atoms with van der Waals surface area (Å²) >= 11 is 0. The fraction of sp³-hybridized carbons (Fsp3) is 0.312. The van der Waals surface area contributed by atoms with Crippen molar-refractivity contribution >= 4 is 0 Å². The van der Waals surface area contributed by atoms with Crippen molar-refractivity contribution in [1.82, 2.24) is 10.3 Å². The average Bonchev–Trinajstić information content (AvgIpc) is 2.42. The van der Waals surface area contributed by atoms with E-state index in [1.807, 2.05) is 31.2 Å². The van der Waals surface area contributed by atoms with Crippen molar-refractivity contribution in [3.8, 4) is 11.1 Å². The fourth-order valence-corrected chi connectivity index (χ4v) is 1.94. The van der Waals surface area contributed by atoms with Crippen LogP contribution in [0.3, 0.4) is 0 Å². The Morgan fingerprint density at radius 1 is 1.21 bits per heavy atom. The second-order valence-corrected chi connectivity index (χ2v) is 4.68. The molecule has 1 aromatic carbocycles. The van der Waals surface area contributed by atoms with Crippen molar-refractivity contribution in [1.29, 1.82) is 0 Å². The van der Waals surface area contributed by atoms with E-state index < -0.39 is 0 Å². The summed E-state index contributed by atoms with van der Waals surface area (Å²) in [7, 11) is 0. The number of rotatable bonds is 5. The van der Waals surface area contributed by atoms with Gasteiger partial charge in [0.1, 0.15) is 5.82 Å². The third-order valence-electron chi connectivity index (χ3n) is 3.01. The van der Waals surface area contributed by atoms with Crippen LogP contribution in [0.25, 0.3) is 11.1 Å². The van der Waals surface area contributed by atoms with E-state index in [-0.39, 0.29) is 5.82 Å². The second-order valence-electron chi connectivity index (χ2n) is 4.68. The fourth-order valence-electron chi connectivity index (χ4n) is 1.94. The molecule has 2 rings (SSSR count). The Labute approximate surface area is 113 Å². The predicted octanol–water partition coefficient (Wildman–Crippen LogP) is 3.70. The topological polar surface area (TPSA) is 24.9 Å². The average molecular weight is 258 g/mol. The lowest BCUT2D eigenvalue weighted by Gasteiger charge is -2.08. The first kappa shape index (κ1) is 13.7. The van der Waals surface area contributed by atoms with Gasteiger partial charge in [-0.25, -0.2) is 4.39 Å². The van der Waals surface area contributed by atoms with E-state index in [1.54, 1.807) is 6.20 Å². The molecule has 1 aromatic heterocycles. The van der Waals surface area contributed by atoms with Gasteiger partial charge in [-0.2, -0.15) is 0 Å². The predicted molar refractivity (Wildman–Crippen MR) is 76.4 cm³/mol. The van der Waals surface area contributed by atoms with E-state index in [1.165, 1.54) is 6.07 Å². The third-order valence-corrected chi connectivity index (χ3v) is 3.01. The SMILES string of the molecule is CCCNCc1ccc(F)c(-c2ccc(C)nc2)c1. The van der Waals surface area contributed by atoms with Crippen molar-refractivity contribution in [2.24, 2.45) is 0 Å². The minimum atomic E-state index is -0.204. The minimum Gasteiger partial charge on any atom is -0.313 e. The van der Waals surface area contributed by atoms with Crippen LogP contribution in [0.1, 0.15) is 24.6 Å². The number of hydrogen-bond donors (Lipinski definition) is 1. The standard InChI is InChI=1S/C16H19FN2/c1-3-8-18-10-13-5-7-16(17)15(9-13)14-6-4-12(2)19-11-14/h4-7,9,11,18H,3,8,10H2,1-2H3. The summed E-state index contributed by atoms with van der Waals surface area (Å²) in [4.78, 5) is 4.22. The molecule has 0 aliphatic heterocycles. The van der Waals surface area contributed by atoms with Gasteiger partial charge >= 0.3 is 0 Å². The first-order chi connectivity index (χ1) is 9.20. The highest BCUT2D eigenvalue weighted by Gasteiger charge is 2.06. The maximum atomic E-state index is 13.9. The summed E-state index contributed by atoms with van der Waals surface area (Å²) in [6, 6.07) is 9.05. The van der Waals surface area contributed by atoms with Crippen molar-refractivity contribution < 1.29 is 4.39 Å². The molecule has 0 aliphatic carbocycles. The zero-order valence-corrected chi connectivity index (χ0v) is 11.4. The van der Waals surface area contributed by atoms with E-state index in [4.69, 9.17) is 0 Å². The van der Waals surface area contributed by atoms with Crippen LogP contribution in [0.15, 0.2) is 36.5 Å². The molecule has 1 heterocycles.